The molecule has 0 saturated heterocycles. The van der Waals surface area contributed by atoms with Gasteiger partial charge in [-0.1, -0.05) is 315 Å². The maximum Gasteiger partial charge on any atom is 0.269 e. The van der Waals surface area contributed by atoms with E-state index in [1.54, 1.807) is 36.4 Å². The fourth-order valence-electron chi connectivity index (χ4n) is 20.4. The summed E-state index contributed by atoms with van der Waals surface area (Å²) >= 11 is 0. The summed E-state index contributed by atoms with van der Waals surface area (Å²) in [5.74, 6) is 0.606. The third-order valence-corrected chi connectivity index (χ3v) is 32.0. The van der Waals surface area contributed by atoms with Crippen LogP contribution in [0, 0.1) is 0 Å². The van der Waals surface area contributed by atoms with Gasteiger partial charge in [-0.25, -0.2) is 48.1 Å². The Labute approximate surface area is 790 Å². The first-order valence-electron chi connectivity index (χ1n) is 45.3. The van der Waals surface area contributed by atoms with E-state index in [9.17, 15) is 25.3 Å². The van der Waals surface area contributed by atoms with Gasteiger partial charge in [0.15, 0.2) is 0 Å². The monoisotopic (exact) mass is 1820 g/mol. The number of benzene rings is 20. The highest BCUT2D eigenvalue weighted by atomic mass is 32.2. The lowest BCUT2D eigenvalue weighted by molar-refractivity contribution is 0.594. The van der Waals surface area contributed by atoms with Crippen molar-refractivity contribution in [1.82, 2.24) is 23.7 Å². The minimum atomic E-state index is -3.83. The predicted molar refractivity (Wildman–Crippen MR) is 558 cm³/mol. The maximum atomic E-state index is 14.1. The Morgan fingerprint density at radius 1 is 0.182 bits per heavy atom. The summed E-state index contributed by atoms with van der Waals surface area (Å²) in [6.07, 6.45) is 0. The van der Waals surface area contributed by atoms with Gasteiger partial charge in [0.2, 0.25) is 5.95 Å². The summed E-state index contributed by atoms with van der Waals surface area (Å²) in [6.45, 7) is 0. The number of sulfonamides is 3. The van der Waals surface area contributed by atoms with Gasteiger partial charge in [-0.3, -0.25) is 4.57 Å². The van der Waals surface area contributed by atoms with Crippen LogP contribution in [0.3, 0.4) is 0 Å². The Kier molecular flexibility index (Phi) is 19.4. The molecule has 17 heteroatoms. The maximum absolute atomic E-state index is 14.1. The van der Waals surface area contributed by atoms with Gasteiger partial charge in [0, 0.05) is 93.4 Å². The van der Waals surface area contributed by atoms with E-state index >= 15 is 0 Å². The molecule has 0 unspecified atom stereocenters. The zero-order valence-electron chi connectivity index (χ0n) is 73.3. The van der Waals surface area contributed by atoms with Crippen LogP contribution in [0.1, 0.15) is 0 Å². The molecule has 14 nitrogen and oxygen atoms in total. The first kappa shape index (κ1) is 81.6. The van der Waals surface area contributed by atoms with Crippen LogP contribution in [-0.2, 0) is 30.1 Å². The normalized spacial score (nSPS) is 13.6. The lowest BCUT2D eigenvalue weighted by Crippen LogP contribution is -2.30. The Morgan fingerprint density at radius 3 is 0.985 bits per heavy atom. The van der Waals surface area contributed by atoms with Crippen LogP contribution in [0.5, 0.6) is 0 Å². The molecule has 27 rings (SSSR count). The first-order valence-corrected chi connectivity index (χ1v) is 49.6. The summed E-state index contributed by atoms with van der Waals surface area (Å²) in [4.78, 5) is 11.6. The second kappa shape index (κ2) is 32.5. The Hall–Kier alpha value is -17.4. The first-order chi connectivity index (χ1) is 67.3. The molecule has 0 amide bonds. The van der Waals surface area contributed by atoms with Gasteiger partial charge in [-0.15, -0.1) is 0 Å². The van der Waals surface area contributed by atoms with Gasteiger partial charge in [0.1, 0.15) is 0 Å². The van der Waals surface area contributed by atoms with Crippen molar-refractivity contribution in [1.29, 1.82) is 0 Å². The molecule has 20 aromatic carbocycles. The van der Waals surface area contributed by atoms with Crippen molar-refractivity contribution >= 4 is 151 Å². The molecule has 24 aromatic rings. The van der Waals surface area contributed by atoms with Crippen molar-refractivity contribution in [3.63, 3.8) is 0 Å². The number of hydrogen-bond donors (Lipinski definition) is 0. The molecule has 0 bridgehead atoms. The van der Waals surface area contributed by atoms with Gasteiger partial charge < -0.3 is 9.13 Å². The number of anilines is 6. The van der Waals surface area contributed by atoms with E-state index in [2.05, 4.69) is 250 Å². The average molecular weight is 1820 g/mol. The van der Waals surface area contributed by atoms with Crippen molar-refractivity contribution in [2.75, 3.05) is 12.9 Å². The Balaban J connectivity index is 0.000000111. The fraction of sp³-hybridized carbons (Fsp3) is 0. The molecule has 3 aliphatic rings. The van der Waals surface area contributed by atoms with E-state index in [0.717, 1.165) is 138 Å². The lowest BCUT2D eigenvalue weighted by Gasteiger charge is -2.32. The minimum Gasteiger partial charge on any atom is -0.309 e. The highest BCUT2D eigenvalue weighted by molar-refractivity contribution is 7.94. The molecule has 0 saturated carbocycles. The van der Waals surface area contributed by atoms with Crippen LogP contribution in [0.2, 0.25) is 0 Å². The summed E-state index contributed by atoms with van der Waals surface area (Å²) in [5, 5.41) is 10.2. The van der Waals surface area contributed by atoms with E-state index in [1.807, 2.05) is 200 Å². The number of rotatable bonds is 10. The Morgan fingerprint density at radius 2 is 0.496 bits per heavy atom. The lowest BCUT2D eigenvalue weighted by atomic mass is 9.96. The van der Waals surface area contributed by atoms with E-state index < -0.39 is 30.1 Å². The number of nitrogens with zero attached hydrogens (tertiary/aromatic N) is 8. The van der Waals surface area contributed by atoms with Crippen molar-refractivity contribution in [2.45, 2.75) is 14.7 Å². The molecule has 652 valence electrons. The molecule has 0 spiro atoms. The second-order valence-electron chi connectivity index (χ2n) is 34.3. The van der Waals surface area contributed by atoms with Gasteiger partial charge in [0.25, 0.3) is 30.1 Å². The summed E-state index contributed by atoms with van der Waals surface area (Å²) < 4.78 is 94.5. The van der Waals surface area contributed by atoms with E-state index in [-0.39, 0.29) is 0 Å². The van der Waals surface area contributed by atoms with Crippen LogP contribution in [0.25, 0.3) is 182 Å². The minimum absolute atomic E-state index is 0.292. The fourth-order valence-corrected chi connectivity index (χ4v) is 25.6. The smallest absolute Gasteiger partial charge is 0.269 e. The molecule has 0 radical (unpaired) electrons. The van der Waals surface area contributed by atoms with Crippen LogP contribution in [-0.4, -0.2) is 48.9 Å². The third kappa shape index (κ3) is 13.4. The van der Waals surface area contributed by atoms with E-state index in [1.165, 1.54) is 45.5 Å². The van der Waals surface area contributed by atoms with Gasteiger partial charge in [-0.05, 0) is 196 Å². The summed E-state index contributed by atoms with van der Waals surface area (Å²) in [6, 6.07) is 157. The number of fused-ring (bicyclic) bond motifs is 21. The molecule has 0 N–H and O–H groups in total. The predicted octanol–water partition coefficient (Wildman–Crippen LogP) is 29.6. The SMILES string of the molecule is O=S1(=O)c2ccccc2-c2cc(-c3ccc4c(c3)c3ccccc3n4-c3nc(-c4ccccc4)c4ccc5ccccc5c4n3)ccc2N1c1ccccc1.O=S1(=O)c2ccccc2-c2ccccc2N1c1ccc(-c2ccc(-n3c4ccccc4c4ccccc43)cc2)cc1.O=S1(=O)c2ccccc2-c2ccccc2N1c1ccc(-c2ccc3c(c2)c2ccccc2n3-c2ccccc2)cc1. The van der Waals surface area contributed by atoms with E-state index in [4.69, 9.17) is 9.97 Å². The van der Waals surface area contributed by atoms with Crippen molar-refractivity contribution in [2.24, 2.45) is 0 Å². The highest BCUT2D eigenvalue weighted by Crippen LogP contribution is 2.52. The van der Waals surface area contributed by atoms with Gasteiger partial charge in [0.05, 0.1) is 93.1 Å². The van der Waals surface area contributed by atoms with Crippen molar-refractivity contribution in [3.05, 3.63) is 473 Å². The standard InChI is InChI=1S/C48H30N4O2S.2C36H24N2O2S/c53-55(54)45-22-12-10-20-38(45)41-30-34(25-28-44(41)52(55)35-16-5-2-6-17-35)33-24-27-43-40(29-33)37-19-9-11-21-42(37)51(43)48-49-46(32-14-3-1-4-15-32)39-26-23-31-13-7-8-18-36(31)47(39)50-48;39-41(40)36-16-8-4-12-32(36)31-11-3-7-15-35(31)38(41)28-23-19-26(20-24-28)25-17-21-27(22-18-25)37-33-13-5-1-9-29(33)30-10-2-6-14-34(30)37;39-41(40)36-17-9-6-14-31(36)29-12-5-8-16-35(29)38(41)28-21-18-25(19-22-28)26-20-23-34-32(24-26)30-13-4-7-15-33(30)37(34)27-10-2-1-3-11-27/h1-30H;2*1-24H. The quantitative estimate of drug-likeness (QED) is 0.123. The topological polar surface area (TPSA) is 153 Å². The second-order valence-corrected chi connectivity index (χ2v) is 39.6. The molecule has 7 heterocycles. The zero-order chi connectivity index (χ0) is 91.8. The average Bonchev–Trinajstić information content (AvgIpc) is 1.71. The molecular weight excluding hydrogens is 1750 g/mol. The van der Waals surface area contributed by atoms with Gasteiger partial charge >= 0.3 is 0 Å². The van der Waals surface area contributed by atoms with Gasteiger partial charge in [-0.2, -0.15) is 0 Å². The molecule has 0 aliphatic carbocycles. The zero-order valence-corrected chi connectivity index (χ0v) is 75.7. The summed E-state index contributed by atoms with van der Waals surface area (Å²) in [7, 11) is -11.4. The third-order valence-electron chi connectivity index (χ3n) is 26.6. The van der Waals surface area contributed by atoms with E-state index in [0.29, 0.717) is 60.3 Å². The van der Waals surface area contributed by atoms with Crippen LogP contribution in [0.4, 0.5) is 34.1 Å². The molecular formula is C120H78N8O6S3. The molecule has 0 fully saturated rings. The molecule has 4 aromatic heterocycles. The molecule has 3 aliphatic heterocycles. The molecule has 137 heavy (non-hydrogen) atoms. The molecule has 0 atom stereocenters. The number of hydrogen-bond acceptors (Lipinski definition) is 8. The number of aromatic nitrogens is 5. The van der Waals surface area contributed by atoms with Crippen molar-refractivity contribution in [3.8, 4) is 95.3 Å². The largest absolute Gasteiger partial charge is 0.309 e. The number of para-hydroxylation sites is 8. The van der Waals surface area contributed by atoms with Crippen LogP contribution >= 0.6 is 0 Å². The summed E-state index contributed by atoms with van der Waals surface area (Å²) in [5.41, 5.74) is 26.5. The highest BCUT2D eigenvalue weighted by Gasteiger charge is 2.40. The van der Waals surface area contributed by atoms with Crippen molar-refractivity contribution < 1.29 is 25.3 Å². The Bertz CT molecular complexity index is 9370. The van der Waals surface area contributed by atoms with Crippen LogP contribution in [0.15, 0.2) is 488 Å². The van der Waals surface area contributed by atoms with Crippen LogP contribution < -0.4 is 12.9 Å².